The second kappa shape index (κ2) is 5.26. The van der Waals surface area contributed by atoms with Crippen LogP contribution in [-0.2, 0) is 11.2 Å². The van der Waals surface area contributed by atoms with Gasteiger partial charge in [-0.15, -0.1) is 10.2 Å². The standard InChI is InChI=1S/C11H14N6O/c1-7(11-14-16-17-15-11)13-10(18)6-8-4-2-3-5-9(8)12/h2-5,7H,6,12H2,1H3,(H,13,18)(H,14,15,16,17). The van der Waals surface area contributed by atoms with Crippen molar-refractivity contribution in [3.05, 3.63) is 35.7 Å². The number of nitrogens with one attached hydrogen (secondary N) is 2. The molecule has 0 aliphatic heterocycles. The number of amides is 1. The van der Waals surface area contributed by atoms with Crippen LogP contribution in [-0.4, -0.2) is 26.5 Å². The van der Waals surface area contributed by atoms with Gasteiger partial charge < -0.3 is 11.1 Å². The van der Waals surface area contributed by atoms with Crippen molar-refractivity contribution < 1.29 is 4.79 Å². The Bertz CT molecular complexity index is 524. The summed E-state index contributed by atoms with van der Waals surface area (Å²) in [6.07, 6.45) is 0.231. The maximum Gasteiger partial charge on any atom is 0.225 e. The van der Waals surface area contributed by atoms with Gasteiger partial charge in [-0.3, -0.25) is 4.79 Å². The van der Waals surface area contributed by atoms with E-state index in [4.69, 9.17) is 5.73 Å². The fourth-order valence-electron chi connectivity index (χ4n) is 1.58. The molecule has 0 fully saturated rings. The SMILES string of the molecule is CC(NC(=O)Cc1ccccc1N)c1nn[nH]n1. The zero-order valence-electron chi connectivity index (χ0n) is 9.92. The van der Waals surface area contributed by atoms with Gasteiger partial charge in [-0.1, -0.05) is 23.4 Å². The molecular weight excluding hydrogens is 232 g/mol. The lowest BCUT2D eigenvalue weighted by Crippen LogP contribution is -2.29. The van der Waals surface area contributed by atoms with Crippen LogP contribution in [0.4, 0.5) is 5.69 Å². The molecule has 1 heterocycles. The lowest BCUT2D eigenvalue weighted by molar-refractivity contribution is -0.121. The lowest BCUT2D eigenvalue weighted by atomic mass is 10.1. The van der Waals surface area contributed by atoms with Crippen molar-refractivity contribution in [2.75, 3.05) is 5.73 Å². The summed E-state index contributed by atoms with van der Waals surface area (Å²) in [5, 5.41) is 16.2. The first-order valence-corrected chi connectivity index (χ1v) is 5.53. The predicted molar refractivity (Wildman–Crippen MR) is 65.3 cm³/mol. The first-order valence-electron chi connectivity index (χ1n) is 5.53. The van der Waals surface area contributed by atoms with Crippen LogP contribution in [0.5, 0.6) is 0 Å². The molecule has 7 nitrogen and oxygen atoms in total. The van der Waals surface area contributed by atoms with E-state index in [1.54, 1.807) is 13.0 Å². The molecule has 1 atom stereocenters. The summed E-state index contributed by atoms with van der Waals surface area (Å²) < 4.78 is 0. The van der Waals surface area contributed by atoms with E-state index in [2.05, 4.69) is 25.9 Å². The van der Waals surface area contributed by atoms with Crippen molar-refractivity contribution in [2.45, 2.75) is 19.4 Å². The van der Waals surface area contributed by atoms with Gasteiger partial charge in [-0.25, -0.2) is 0 Å². The minimum Gasteiger partial charge on any atom is -0.398 e. The van der Waals surface area contributed by atoms with Gasteiger partial charge in [-0.05, 0) is 18.6 Å². The predicted octanol–water partition coefficient (Wildman–Crippen LogP) is 0.202. The summed E-state index contributed by atoms with van der Waals surface area (Å²) in [5.41, 5.74) is 7.19. The number of H-pyrrole nitrogens is 1. The van der Waals surface area contributed by atoms with Crippen molar-refractivity contribution >= 4 is 11.6 Å². The Labute approximate surface area is 104 Å². The van der Waals surface area contributed by atoms with Crippen LogP contribution in [0.2, 0.25) is 0 Å². The number of hydrogen-bond donors (Lipinski definition) is 3. The molecule has 0 radical (unpaired) electrons. The zero-order valence-corrected chi connectivity index (χ0v) is 9.92. The number of hydrogen-bond acceptors (Lipinski definition) is 5. The second-order valence-electron chi connectivity index (χ2n) is 3.93. The molecule has 2 aromatic rings. The highest BCUT2D eigenvalue weighted by molar-refractivity contribution is 5.80. The maximum atomic E-state index is 11.8. The Kier molecular flexibility index (Phi) is 3.52. The maximum absolute atomic E-state index is 11.8. The first-order chi connectivity index (χ1) is 8.66. The average molecular weight is 246 g/mol. The van der Waals surface area contributed by atoms with Crippen molar-refractivity contribution in [1.29, 1.82) is 0 Å². The quantitative estimate of drug-likeness (QED) is 0.668. The minimum atomic E-state index is -0.291. The highest BCUT2D eigenvalue weighted by Crippen LogP contribution is 2.12. The number of rotatable bonds is 4. The molecule has 94 valence electrons. The highest BCUT2D eigenvalue weighted by Gasteiger charge is 2.14. The molecule has 4 N–H and O–H groups in total. The number of para-hydroxylation sites is 1. The van der Waals surface area contributed by atoms with Crippen LogP contribution in [0.15, 0.2) is 24.3 Å². The monoisotopic (exact) mass is 246 g/mol. The molecule has 2 rings (SSSR count). The van der Waals surface area contributed by atoms with Gasteiger partial charge in [0.2, 0.25) is 5.91 Å². The van der Waals surface area contributed by atoms with E-state index in [1.807, 2.05) is 18.2 Å². The van der Waals surface area contributed by atoms with Crippen LogP contribution >= 0.6 is 0 Å². The van der Waals surface area contributed by atoms with Crippen molar-refractivity contribution in [1.82, 2.24) is 25.9 Å². The number of nitrogen functional groups attached to an aromatic ring is 1. The van der Waals surface area contributed by atoms with E-state index < -0.39 is 0 Å². The Morgan fingerprint density at radius 1 is 1.50 bits per heavy atom. The Hall–Kier alpha value is -2.44. The number of aromatic nitrogens is 4. The number of aromatic amines is 1. The van der Waals surface area contributed by atoms with Crippen LogP contribution in [0.3, 0.4) is 0 Å². The van der Waals surface area contributed by atoms with E-state index in [1.165, 1.54) is 0 Å². The summed E-state index contributed by atoms with van der Waals surface area (Å²) >= 11 is 0. The molecule has 0 saturated heterocycles. The second-order valence-corrected chi connectivity index (χ2v) is 3.93. The van der Waals surface area contributed by atoms with E-state index in [-0.39, 0.29) is 18.4 Å². The smallest absolute Gasteiger partial charge is 0.225 e. The Balaban J connectivity index is 1.95. The molecule has 0 spiro atoms. The van der Waals surface area contributed by atoms with Crippen LogP contribution < -0.4 is 11.1 Å². The summed E-state index contributed by atoms with van der Waals surface area (Å²) in [6, 6.07) is 6.99. The van der Waals surface area contributed by atoms with Crippen molar-refractivity contribution in [2.24, 2.45) is 0 Å². The van der Waals surface area contributed by atoms with Gasteiger partial charge in [0, 0.05) is 5.69 Å². The average Bonchev–Trinajstić information content (AvgIpc) is 2.85. The van der Waals surface area contributed by atoms with Gasteiger partial charge in [-0.2, -0.15) is 5.21 Å². The molecule has 1 aromatic carbocycles. The van der Waals surface area contributed by atoms with Gasteiger partial charge in [0.05, 0.1) is 12.5 Å². The van der Waals surface area contributed by atoms with Gasteiger partial charge in [0.25, 0.3) is 0 Å². The normalized spacial score (nSPS) is 12.1. The molecule has 0 aliphatic carbocycles. The third-order valence-electron chi connectivity index (χ3n) is 2.53. The molecular formula is C11H14N6O. The van der Waals surface area contributed by atoms with Gasteiger partial charge in [0.1, 0.15) is 0 Å². The third-order valence-corrected chi connectivity index (χ3v) is 2.53. The number of carbonyl (C=O) groups is 1. The molecule has 0 bridgehead atoms. The highest BCUT2D eigenvalue weighted by atomic mass is 16.1. The molecule has 1 amide bonds. The third kappa shape index (κ3) is 2.82. The van der Waals surface area contributed by atoms with Crippen LogP contribution in [0, 0.1) is 0 Å². The first kappa shape index (κ1) is 12.0. The van der Waals surface area contributed by atoms with E-state index in [9.17, 15) is 4.79 Å². The van der Waals surface area contributed by atoms with Crippen molar-refractivity contribution in [3.63, 3.8) is 0 Å². The summed E-state index contributed by atoms with van der Waals surface area (Å²) in [6.45, 7) is 1.79. The molecule has 1 aromatic heterocycles. The number of nitrogens with zero attached hydrogens (tertiary/aromatic N) is 3. The Morgan fingerprint density at radius 2 is 2.28 bits per heavy atom. The molecule has 0 saturated carbocycles. The fourth-order valence-corrected chi connectivity index (χ4v) is 1.58. The zero-order chi connectivity index (χ0) is 13.0. The largest absolute Gasteiger partial charge is 0.398 e. The summed E-state index contributed by atoms with van der Waals surface area (Å²) in [4.78, 5) is 11.8. The lowest BCUT2D eigenvalue weighted by Gasteiger charge is -2.10. The topological polar surface area (TPSA) is 110 Å². The van der Waals surface area contributed by atoms with Gasteiger partial charge in [0.15, 0.2) is 5.82 Å². The van der Waals surface area contributed by atoms with Crippen LogP contribution in [0.1, 0.15) is 24.4 Å². The number of nitrogens with two attached hydrogens (primary N) is 1. The van der Waals surface area contributed by atoms with Crippen LogP contribution in [0.25, 0.3) is 0 Å². The van der Waals surface area contributed by atoms with E-state index >= 15 is 0 Å². The molecule has 1 unspecified atom stereocenters. The number of carbonyl (C=O) groups excluding carboxylic acids is 1. The number of benzene rings is 1. The number of tetrazole rings is 1. The van der Waals surface area contributed by atoms with Gasteiger partial charge >= 0.3 is 0 Å². The molecule has 7 heteroatoms. The Morgan fingerprint density at radius 3 is 2.94 bits per heavy atom. The van der Waals surface area contributed by atoms with E-state index in [0.29, 0.717) is 11.5 Å². The molecule has 0 aliphatic rings. The minimum absolute atomic E-state index is 0.134. The molecule has 18 heavy (non-hydrogen) atoms. The van der Waals surface area contributed by atoms with Crippen molar-refractivity contribution in [3.8, 4) is 0 Å². The number of anilines is 1. The summed E-state index contributed by atoms with van der Waals surface area (Å²) in [7, 11) is 0. The van der Waals surface area contributed by atoms with E-state index in [0.717, 1.165) is 5.56 Å². The summed E-state index contributed by atoms with van der Waals surface area (Å²) in [5.74, 6) is 0.314. The fraction of sp³-hybridized carbons (Fsp3) is 0.273.